The molecule has 0 heterocycles. The Bertz CT molecular complexity index is 843. The van der Waals surface area contributed by atoms with Gasteiger partial charge < -0.3 is 0 Å². The van der Waals surface area contributed by atoms with Crippen molar-refractivity contribution in [2.45, 2.75) is 47.5 Å². The molecule has 1 aliphatic rings. The lowest BCUT2D eigenvalue weighted by molar-refractivity contribution is -0.113. The highest BCUT2D eigenvalue weighted by Crippen LogP contribution is 2.42. The van der Waals surface area contributed by atoms with Crippen molar-refractivity contribution in [3.63, 3.8) is 0 Å². The van der Waals surface area contributed by atoms with Crippen LogP contribution in [0.1, 0.15) is 53.0 Å². The molecule has 1 saturated carbocycles. The third kappa shape index (κ3) is 5.03. The van der Waals surface area contributed by atoms with Crippen molar-refractivity contribution in [1.82, 2.24) is 0 Å². The minimum absolute atomic E-state index is 0.0120. The second-order valence-electron chi connectivity index (χ2n) is 7.25. The first-order valence-corrected chi connectivity index (χ1v) is 9.46. The van der Waals surface area contributed by atoms with Gasteiger partial charge in [-0.15, -0.1) is 0 Å². The molecule has 1 aromatic rings. The van der Waals surface area contributed by atoms with Gasteiger partial charge >= 0.3 is 0 Å². The highest BCUT2D eigenvalue weighted by Gasteiger charge is 2.28. The van der Waals surface area contributed by atoms with Crippen LogP contribution in [0.2, 0.25) is 0 Å². The monoisotopic (exact) mass is 364 g/mol. The maximum Gasteiger partial charge on any atom is 0.160 e. The van der Waals surface area contributed by atoms with Gasteiger partial charge in [-0.05, 0) is 87.3 Å². The number of carbonyl (C=O) groups excluding carboxylic acids is 1. The van der Waals surface area contributed by atoms with Gasteiger partial charge in [-0.1, -0.05) is 43.0 Å². The second-order valence-corrected chi connectivity index (χ2v) is 7.25. The van der Waals surface area contributed by atoms with Crippen LogP contribution < -0.4 is 0 Å². The third-order valence-electron chi connectivity index (χ3n) is 5.08. The zero-order valence-electron chi connectivity index (χ0n) is 17.0. The molecule has 0 amide bonds. The van der Waals surface area contributed by atoms with E-state index in [1.54, 1.807) is 13.8 Å². The van der Waals surface area contributed by atoms with Crippen LogP contribution in [0, 0.1) is 5.92 Å². The molecule has 1 aromatic carbocycles. The van der Waals surface area contributed by atoms with Crippen LogP contribution in [-0.2, 0) is 4.79 Å². The molecule has 0 aliphatic heterocycles. The minimum Gasteiger partial charge on any atom is -0.295 e. The average Bonchev–Trinajstić information content (AvgIpc) is 3.47. The average molecular weight is 365 g/mol. The number of halogens is 1. The van der Waals surface area contributed by atoms with Crippen LogP contribution in [0.15, 0.2) is 82.8 Å². The standard InChI is InChI=1S/C25H29FO/c1-7-24(26)25(21-11-9-8-10-12-21)18(5)17(4)23(20-13-14-20)15-22(16(2)3)19(6)27/h7-12,15,20H,2,13-14H2,1,3-6H3/b22-15+,23-17-,24-7+,25-18-. The van der Waals surface area contributed by atoms with Crippen LogP contribution >= 0.6 is 0 Å². The number of Topliss-reactive ketones (excluding diaryl/α,β-unsaturated/α-hetero) is 1. The Hall–Kier alpha value is -2.48. The summed E-state index contributed by atoms with van der Waals surface area (Å²) in [5, 5.41) is 0. The number of ketones is 1. The zero-order chi connectivity index (χ0) is 20.1. The van der Waals surface area contributed by atoms with Gasteiger partial charge in [-0.3, -0.25) is 4.79 Å². The maximum absolute atomic E-state index is 14.8. The van der Waals surface area contributed by atoms with E-state index in [4.69, 9.17) is 0 Å². The van der Waals surface area contributed by atoms with Gasteiger partial charge in [0.05, 0.1) is 0 Å². The van der Waals surface area contributed by atoms with Gasteiger partial charge in [-0.25, -0.2) is 4.39 Å². The molecule has 27 heavy (non-hydrogen) atoms. The second kappa shape index (κ2) is 8.94. The number of hydrogen-bond donors (Lipinski definition) is 0. The summed E-state index contributed by atoms with van der Waals surface area (Å²) in [7, 11) is 0. The topological polar surface area (TPSA) is 17.1 Å². The lowest BCUT2D eigenvalue weighted by Crippen LogP contribution is -2.02. The van der Waals surface area contributed by atoms with E-state index in [0.717, 1.165) is 40.7 Å². The fourth-order valence-electron chi connectivity index (χ4n) is 3.29. The number of allylic oxidation sites excluding steroid dienone is 9. The molecular weight excluding hydrogens is 335 g/mol. The first-order valence-electron chi connectivity index (χ1n) is 9.46. The molecule has 0 radical (unpaired) electrons. The van der Waals surface area contributed by atoms with Crippen LogP contribution in [0.5, 0.6) is 0 Å². The molecule has 1 fully saturated rings. The Morgan fingerprint density at radius 1 is 1.07 bits per heavy atom. The highest BCUT2D eigenvalue weighted by atomic mass is 19.1. The van der Waals surface area contributed by atoms with Crippen molar-refractivity contribution in [3.05, 3.63) is 88.3 Å². The van der Waals surface area contributed by atoms with Crippen molar-refractivity contribution in [3.8, 4) is 0 Å². The summed E-state index contributed by atoms with van der Waals surface area (Å²) >= 11 is 0. The lowest BCUT2D eigenvalue weighted by Gasteiger charge is -2.16. The summed E-state index contributed by atoms with van der Waals surface area (Å²) in [5.41, 5.74) is 5.94. The SMILES string of the molecule is C=C(C)\C(=C/C(=C(C)/C(C)=C(\C(F)=C/C)c1ccccc1)C1CC1)C(C)=O. The quantitative estimate of drug-likeness (QED) is 0.371. The molecule has 2 heteroatoms. The third-order valence-corrected chi connectivity index (χ3v) is 5.08. The Balaban J connectivity index is 2.71. The smallest absolute Gasteiger partial charge is 0.160 e. The highest BCUT2D eigenvalue weighted by molar-refractivity contribution is 5.98. The Labute approximate surface area is 162 Å². The fraction of sp³-hybridized carbons (Fsp3) is 0.320. The van der Waals surface area contributed by atoms with E-state index in [2.05, 4.69) is 6.58 Å². The van der Waals surface area contributed by atoms with Crippen molar-refractivity contribution in [2.75, 3.05) is 0 Å². The molecule has 142 valence electrons. The molecule has 2 rings (SSSR count). The molecule has 1 nitrogen and oxygen atoms in total. The van der Waals surface area contributed by atoms with E-state index in [0.29, 0.717) is 17.1 Å². The normalized spacial score (nSPS) is 17.3. The zero-order valence-corrected chi connectivity index (χ0v) is 17.0. The van der Waals surface area contributed by atoms with Gasteiger partial charge in [0.15, 0.2) is 5.78 Å². The van der Waals surface area contributed by atoms with E-state index < -0.39 is 0 Å². The van der Waals surface area contributed by atoms with Crippen molar-refractivity contribution >= 4 is 11.4 Å². The molecule has 0 saturated heterocycles. The molecule has 0 unspecified atom stereocenters. The van der Waals surface area contributed by atoms with Gasteiger partial charge in [0.2, 0.25) is 0 Å². The molecular formula is C25H29FO. The summed E-state index contributed by atoms with van der Waals surface area (Å²) < 4.78 is 14.8. The number of carbonyl (C=O) groups is 1. The van der Waals surface area contributed by atoms with E-state index in [-0.39, 0.29) is 11.6 Å². The van der Waals surface area contributed by atoms with Crippen LogP contribution in [0.25, 0.3) is 5.57 Å². The molecule has 0 N–H and O–H groups in total. The maximum atomic E-state index is 14.8. The number of benzene rings is 1. The van der Waals surface area contributed by atoms with Gasteiger partial charge in [-0.2, -0.15) is 0 Å². The van der Waals surface area contributed by atoms with Gasteiger partial charge in [0.1, 0.15) is 5.83 Å². The van der Waals surface area contributed by atoms with Crippen LogP contribution in [-0.4, -0.2) is 5.78 Å². The number of rotatable bonds is 7. The summed E-state index contributed by atoms with van der Waals surface area (Å²) in [6.45, 7) is 13.1. The minimum atomic E-state index is -0.233. The van der Waals surface area contributed by atoms with E-state index in [1.165, 1.54) is 6.08 Å². The summed E-state index contributed by atoms with van der Waals surface area (Å²) in [6, 6.07) is 9.62. The number of hydrogen-bond acceptors (Lipinski definition) is 1. The summed E-state index contributed by atoms with van der Waals surface area (Å²) in [4.78, 5) is 12.0. The molecule has 0 bridgehead atoms. The molecule has 1 aliphatic carbocycles. The predicted molar refractivity (Wildman–Crippen MR) is 113 cm³/mol. The first-order chi connectivity index (χ1) is 12.8. The first kappa shape index (κ1) is 20.8. The van der Waals surface area contributed by atoms with E-state index >= 15 is 0 Å². The van der Waals surface area contributed by atoms with Crippen LogP contribution in [0.4, 0.5) is 4.39 Å². The Kier molecular flexibility index (Phi) is 6.90. The fourth-order valence-corrected chi connectivity index (χ4v) is 3.29. The lowest BCUT2D eigenvalue weighted by atomic mass is 9.89. The Morgan fingerprint density at radius 3 is 2.11 bits per heavy atom. The van der Waals surface area contributed by atoms with Crippen molar-refractivity contribution < 1.29 is 9.18 Å². The van der Waals surface area contributed by atoms with E-state index in [9.17, 15) is 9.18 Å². The van der Waals surface area contributed by atoms with Gasteiger partial charge in [0, 0.05) is 11.1 Å². The largest absolute Gasteiger partial charge is 0.295 e. The van der Waals surface area contributed by atoms with Crippen molar-refractivity contribution in [2.24, 2.45) is 5.92 Å². The van der Waals surface area contributed by atoms with Gasteiger partial charge in [0.25, 0.3) is 0 Å². The molecule has 0 atom stereocenters. The molecule has 0 spiro atoms. The van der Waals surface area contributed by atoms with Crippen LogP contribution in [0.3, 0.4) is 0 Å². The Morgan fingerprint density at radius 2 is 1.67 bits per heavy atom. The summed E-state index contributed by atoms with van der Waals surface area (Å²) in [5.74, 6) is 0.209. The summed E-state index contributed by atoms with van der Waals surface area (Å²) in [6.07, 6.45) is 5.67. The van der Waals surface area contributed by atoms with Crippen molar-refractivity contribution in [1.29, 1.82) is 0 Å². The molecule has 0 aromatic heterocycles. The van der Waals surface area contributed by atoms with E-state index in [1.807, 2.05) is 57.2 Å². The predicted octanol–water partition coefficient (Wildman–Crippen LogP) is 7.15.